The van der Waals surface area contributed by atoms with E-state index in [1.54, 1.807) is 0 Å². The number of thiophene rings is 1. The lowest BCUT2D eigenvalue weighted by atomic mass is 10.4. The quantitative estimate of drug-likeness (QED) is 0.797. The van der Waals surface area contributed by atoms with E-state index in [0.717, 1.165) is 22.3 Å². The molecule has 0 atom stereocenters. The van der Waals surface area contributed by atoms with Gasteiger partial charge in [0.15, 0.2) is 0 Å². The molecular weight excluding hydrogens is 196 g/mol. The minimum Gasteiger partial charge on any atom is -0.380 e. The largest absolute Gasteiger partial charge is 0.380 e. The van der Waals surface area contributed by atoms with E-state index in [1.165, 1.54) is 24.2 Å². The zero-order valence-electron chi connectivity index (χ0n) is 8.17. The van der Waals surface area contributed by atoms with Crippen LogP contribution in [0.15, 0.2) is 12.1 Å². The van der Waals surface area contributed by atoms with Gasteiger partial charge >= 0.3 is 0 Å². The second kappa shape index (κ2) is 4.00. The first-order chi connectivity index (χ1) is 6.79. The van der Waals surface area contributed by atoms with Crippen molar-refractivity contribution in [1.29, 1.82) is 0 Å². The molecule has 1 aromatic heterocycles. The van der Waals surface area contributed by atoms with Gasteiger partial charge < -0.3 is 10.6 Å². The Balaban J connectivity index is 1.88. The molecule has 1 aliphatic carbocycles. The van der Waals surface area contributed by atoms with Crippen LogP contribution in [0, 0.1) is 5.92 Å². The fraction of sp³-hybridized carbons (Fsp3) is 0.500. The van der Waals surface area contributed by atoms with Gasteiger partial charge in [-0.2, -0.15) is 0 Å². The van der Waals surface area contributed by atoms with Crippen LogP contribution in [0.5, 0.6) is 0 Å². The van der Waals surface area contributed by atoms with Gasteiger partial charge in [-0.1, -0.05) is 0 Å². The molecule has 0 unspecified atom stereocenters. The third-order valence-corrected chi connectivity index (χ3v) is 3.43. The minimum absolute atomic E-state index is 0.0587. The molecule has 1 heterocycles. The normalized spacial score (nSPS) is 15.2. The summed E-state index contributed by atoms with van der Waals surface area (Å²) in [6.07, 6.45) is 2.54. The first kappa shape index (κ1) is 9.52. The van der Waals surface area contributed by atoms with E-state index in [2.05, 4.69) is 10.6 Å². The van der Waals surface area contributed by atoms with Crippen LogP contribution in [0.3, 0.4) is 0 Å². The van der Waals surface area contributed by atoms with Crippen LogP contribution in [0.2, 0.25) is 0 Å². The van der Waals surface area contributed by atoms with Crippen LogP contribution >= 0.6 is 11.3 Å². The number of carbonyl (C=O) groups is 1. The maximum Gasteiger partial charge on any atom is 0.261 e. The first-order valence-corrected chi connectivity index (χ1v) is 5.67. The van der Waals surface area contributed by atoms with Gasteiger partial charge in [0.1, 0.15) is 0 Å². The van der Waals surface area contributed by atoms with Crippen LogP contribution in [0.25, 0.3) is 0 Å². The monoisotopic (exact) mass is 210 g/mol. The molecule has 14 heavy (non-hydrogen) atoms. The van der Waals surface area contributed by atoms with Crippen LogP contribution in [-0.2, 0) is 0 Å². The molecule has 0 aromatic carbocycles. The molecule has 0 spiro atoms. The molecular formula is C10H14N2OS. The van der Waals surface area contributed by atoms with Crippen molar-refractivity contribution in [3.05, 3.63) is 17.0 Å². The molecule has 2 N–H and O–H groups in total. The molecule has 1 fully saturated rings. The Labute approximate surface area is 87.5 Å². The maximum absolute atomic E-state index is 11.6. The van der Waals surface area contributed by atoms with Gasteiger partial charge in [-0.15, -0.1) is 11.3 Å². The molecule has 3 nitrogen and oxygen atoms in total. The van der Waals surface area contributed by atoms with Crippen LogP contribution in [0.4, 0.5) is 5.00 Å². The number of carbonyl (C=O) groups excluding carboxylic acids is 1. The Morgan fingerprint density at radius 3 is 2.93 bits per heavy atom. The zero-order valence-corrected chi connectivity index (χ0v) is 8.99. The number of nitrogens with one attached hydrogen (secondary N) is 2. The van der Waals surface area contributed by atoms with Crippen molar-refractivity contribution in [2.75, 3.05) is 18.9 Å². The fourth-order valence-electron chi connectivity index (χ4n) is 1.24. The van der Waals surface area contributed by atoms with Gasteiger partial charge in [-0.3, -0.25) is 4.79 Å². The van der Waals surface area contributed by atoms with Crippen molar-refractivity contribution in [2.24, 2.45) is 5.92 Å². The Morgan fingerprint density at radius 2 is 2.36 bits per heavy atom. The molecule has 1 amide bonds. The molecule has 76 valence electrons. The molecule has 2 rings (SSSR count). The second-order valence-corrected chi connectivity index (χ2v) is 4.65. The predicted molar refractivity (Wildman–Crippen MR) is 58.9 cm³/mol. The summed E-state index contributed by atoms with van der Waals surface area (Å²) in [7, 11) is 1.86. The third kappa shape index (κ3) is 2.26. The highest BCUT2D eigenvalue weighted by molar-refractivity contribution is 7.17. The van der Waals surface area contributed by atoms with E-state index in [4.69, 9.17) is 0 Å². The van der Waals surface area contributed by atoms with Crippen molar-refractivity contribution in [2.45, 2.75) is 12.8 Å². The maximum atomic E-state index is 11.6. The Bertz CT molecular complexity index is 331. The SMILES string of the molecule is CNc1ccc(C(=O)NCC2CC2)s1. The summed E-state index contributed by atoms with van der Waals surface area (Å²) < 4.78 is 0. The lowest BCUT2D eigenvalue weighted by Gasteiger charge is -2.00. The fourth-order valence-corrected chi connectivity index (χ4v) is 2.02. The molecule has 0 bridgehead atoms. The lowest BCUT2D eigenvalue weighted by Crippen LogP contribution is -2.24. The van der Waals surface area contributed by atoms with E-state index in [1.807, 2.05) is 19.2 Å². The summed E-state index contributed by atoms with van der Waals surface area (Å²) in [5, 5.41) is 6.99. The van der Waals surface area contributed by atoms with Crippen LogP contribution in [-0.4, -0.2) is 19.5 Å². The zero-order chi connectivity index (χ0) is 9.97. The van der Waals surface area contributed by atoms with E-state index in [0.29, 0.717) is 0 Å². The molecule has 4 heteroatoms. The van der Waals surface area contributed by atoms with E-state index >= 15 is 0 Å². The predicted octanol–water partition coefficient (Wildman–Crippen LogP) is 1.93. The Hall–Kier alpha value is -1.03. The summed E-state index contributed by atoms with van der Waals surface area (Å²) in [5.41, 5.74) is 0. The number of hydrogen-bond acceptors (Lipinski definition) is 3. The molecule has 1 saturated carbocycles. The number of rotatable bonds is 4. The smallest absolute Gasteiger partial charge is 0.261 e. The van der Waals surface area contributed by atoms with Gasteiger partial charge in [0.25, 0.3) is 5.91 Å². The van der Waals surface area contributed by atoms with Gasteiger partial charge in [0.05, 0.1) is 9.88 Å². The number of hydrogen-bond donors (Lipinski definition) is 2. The second-order valence-electron chi connectivity index (χ2n) is 3.57. The lowest BCUT2D eigenvalue weighted by molar-refractivity contribution is 0.0956. The summed E-state index contributed by atoms with van der Waals surface area (Å²) in [6, 6.07) is 3.79. The highest BCUT2D eigenvalue weighted by Gasteiger charge is 2.22. The van der Waals surface area contributed by atoms with E-state index in [9.17, 15) is 4.79 Å². The van der Waals surface area contributed by atoms with Crippen LogP contribution in [0.1, 0.15) is 22.5 Å². The number of anilines is 1. The molecule has 0 radical (unpaired) electrons. The van der Waals surface area contributed by atoms with Crippen molar-refractivity contribution in [3.63, 3.8) is 0 Å². The van der Waals surface area contributed by atoms with Gasteiger partial charge in [0, 0.05) is 13.6 Å². The Kier molecular flexibility index (Phi) is 2.72. The van der Waals surface area contributed by atoms with Crippen molar-refractivity contribution >= 4 is 22.2 Å². The van der Waals surface area contributed by atoms with E-state index in [-0.39, 0.29) is 5.91 Å². The summed E-state index contributed by atoms with van der Waals surface area (Å²) in [6.45, 7) is 0.839. The molecule has 1 aliphatic rings. The minimum atomic E-state index is 0.0587. The van der Waals surface area contributed by atoms with Gasteiger partial charge in [0.2, 0.25) is 0 Å². The molecule has 0 saturated heterocycles. The summed E-state index contributed by atoms with van der Waals surface area (Å²) >= 11 is 1.49. The van der Waals surface area contributed by atoms with Crippen molar-refractivity contribution in [3.8, 4) is 0 Å². The number of amides is 1. The highest BCUT2D eigenvalue weighted by Crippen LogP contribution is 2.28. The van der Waals surface area contributed by atoms with Crippen molar-refractivity contribution < 1.29 is 4.79 Å². The molecule has 0 aliphatic heterocycles. The average molecular weight is 210 g/mol. The van der Waals surface area contributed by atoms with Gasteiger partial charge in [-0.05, 0) is 30.9 Å². The third-order valence-electron chi connectivity index (χ3n) is 2.32. The summed E-state index contributed by atoms with van der Waals surface area (Å²) in [5.74, 6) is 0.797. The van der Waals surface area contributed by atoms with Crippen LogP contribution < -0.4 is 10.6 Å². The average Bonchev–Trinajstić information content (AvgIpc) is 2.90. The first-order valence-electron chi connectivity index (χ1n) is 4.85. The van der Waals surface area contributed by atoms with Gasteiger partial charge in [-0.25, -0.2) is 0 Å². The summed E-state index contributed by atoms with van der Waals surface area (Å²) in [4.78, 5) is 12.4. The van der Waals surface area contributed by atoms with Crippen molar-refractivity contribution in [1.82, 2.24) is 5.32 Å². The highest BCUT2D eigenvalue weighted by atomic mass is 32.1. The Morgan fingerprint density at radius 1 is 1.57 bits per heavy atom. The standard InChI is InChI=1S/C10H14N2OS/c1-11-9-5-4-8(14-9)10(13)12-6-7-2-3-7/h4-5,7,11H,2-3,6H2,1H3,(H,12,13). The molecule has 1 aromatic rings. The van der Waals surface area contributed by atoms with E-state index < -0.39 is 0 Å². The topological polar surface area (TPSA) is 41.1 Å².